The van der Waals surface area contributed by atoms with Gasteiger partial charge < -0.3 is 9.30 Å². The SMILES string of the molecule is CCOCn1ccc(C(C)=O)c1. The number of hydrogen-bond donors (Lipinski definition) is 0. The molecule has 0 aromatic carbocycles. The number of carbonyl (C=O) groups excluding carboxylic acids is 1. The number of rotatable bonds is 4. The van der Waals surface area contributed by atoms with E-state index in [1.54, 1.807) is 19.2 Å². The van der Waals surface area contributed by atoms with Crippen LogP contribution >= 0.6 is 0 Å². The van der Waals surface area contributed by atoms with E-state index >= 15 is 0 Å². The molecule has 0 atom stereocenters. The maximum Gasteiger partial charge on any atom is 0.161 e. The first-order valence-corrected chi connectivity index (χ1v) is 3.98. The number of ether oxygens (including phenoxy) is 1. The van der Waals surface area contributed by atoms with Crippen LogP contribution in [0.2, 0.25) is 0 Å². The first-order chi connectivity index (χ1) is 5.74. The van der Waals surface area contributed by atoms with Gasteiger partial charge in [0.25, 0.3) is 0 Å². The molecule has 0 aliphatic carbocycles. The fourth-order valence-corrected chi connectivity index (χ4v) is 0.926. The molecule has 0 saturated carbocycles. The minimum Gasteiger partial charge on any atom is -0.361 e. The van der Waals surface area contributed by atoms with Crippen LogP contribution in [0.1, 0.15) is 24.2 Å². The van der Waals surface area contributed by atoms with Crippen LogP contribution in [0.4, 0.5) is 0 Å². The van der Waals surface area contributed by atoms with Gasteiger partial charge in [-0.2, -0.15) is 0 Å². The predicted octanol–water partition coefficient (Wildman–Crippen LogP) is 1.68. The Morgan fingerprint density at radius 2 is 2.42 bits per heavy atom. The second kappa shape index (κ2) is 4.07. The molecule has 1 rings (SSSR count). The molecule has 0 saturated heterocycles. The predicted molar refractivity (Wildman–Crippen MR) is 46.1 cm³/mol. The van der Waals surface area contributed by atoms with Crippen molar-refractivity contribution >= 4 is 5.78 Å². The van der Waals surface area contributed by atoms with Gasteiger partial charge in [0.2, 0.25) is 0 Å². The van der Waals surface area contributed by atoms with E-state index in [1.807, 2.05) is 17.7 Å². The van der Waals surface area contributed by atoms with Crippen molar-refractivity contribution < 1.29 is 9.53 Å². The topological polar surface area (TPSA) is 31.2 Å². The zero-order chi connectivity index (χ0) is 8.97. The fraction of sp³-hybridized carbons (Fsp3) is 0.444. The van der Waals surface area contributed by atoms with Crippen LogP contribution in [0.3, 0.4) is 0 Å². The first-order valence-electron chi connectivity index (χ1n) is 3.98. The van der Waals surface area contributed by atoms with Crippen molar-refractivity contribution in [3.63, 3.8) is 0 Å². The maximum atomic E-state index is 10.9. The average molecular weight is 167 g/mol. The number of ketones is 1. The summed E-state index contributed by atoms with van der Waals surface area (Å²) in [6, 6.07) is 1.79. The van der Waals surface area contributed by atoms with Crippen molar-refractivity contribution in [2.45, 2.75) is 20.6 Å². The summed E-state index contributed by atoms with van der Waals surface area (Å²) in [5.74, 6) is 0.0882. The van der Waals surface area contributed by atoms with Crippen LogP contribution in [0.5, 0.6) is 0 Å². The highest BCUT2D eigenvalue weighted by molar-refractivity contribution is 5.93. The summed E-state index contributed by atoms with van der Waals surface area (Å²) in [6.45, 7) is 4.70. The van der Waals surface area contributed by atoms with E-state index in [4.69, 9.17) is 4.74 Å². The summed E-state index contributed by atoms with van der Waals surface area (Å²) in [6.07, 6.45) is 3.63. The van der Waals surface area contributed by atoms with Gasteiger partial charge in [-0.3, -0.25) is 4.79 Å². The normalized spacial score (nSPS) is 10.2. The summed E-state index contributed by atoms with van der Waals surface area (Å²) in [5, 5.41) is 0. The van der Waals surface area contributed by atoms with Gasteiger partial charge in [0.05, 0.1) is 0 Å². The number of nitrogens with zero attached hydrogens (tertiary/aromatic N) is 1. The van der Waals surface area contributed by atoms with E-state index in [-0.39, 0.29) is 5.78 Å². The summed E-state index contributed by atoms with van der Waals surface area (Å²) in [4.78, 5) is 10.9. The molecule has 0 unspecified atom stereocenters. The van der Waals surface area contributed by atoms with Crippen LogP contribution < -0.4 is 0 Å². The molecule has 0 radical (unpaired) electrons. The largest absolute Gasteiger partial charge is 0.361 e. The second-order valence-electron chi connectivity index (χ2n) is 2.59. The van der Waals surface area contributed by atoms with E-state index in [1.165, 1.54) is 0 Å². The number of carbonyl (C=O) groups is 1. The zero-order valence-electron chi connectivity index (χ0n) is 7.41. The maximum absolute atomic E-state index is 10.9. The molecule has 66 valence electrons. The molecule has 0 spiro atoms. The Morgan fingerprint density at radius 1 is 1.67 bits per heavy atom. The number of Topliss-reactive ketones (excluding diaryl/α,β-unsaturated/α-hetero) is 1. The van der Waals surface area contributed by atoms with Crippen molar-refractivity contribution in [2.75, 3.05) is 6.61 Å². The molecule has 1 heterocycles. The molecule has 0 aliphatic rings. The molecule has 12 heavy (non-hydrogen) atoms. The fourth-order valence-electron chi connectivity index (χ4n) is 0.926. The van der Waals surface area contributed by atoms with Crippen LogP contribution in [-0.4, -0.2) is 17.0 Å². The minimum absolute atomic E-state index is 0.0882. The second-order valence-corrected chi connectivity index (χ2v) is 2.59. The van der Waals surface area contributed by atoms with E-state index in [0.717, 1.165) is 5.56 Å². The van der Waals surface area contributed by atoms with Gasteiger partial charge in [-0.1, -0.05) is 0 Å². The molecule has 3 nitrogen and oxygen atoms in total. The van der Waals surface area contributed by atoms with Gasteiger partial charge in [0.15, 0.2) is 5.78 Å². The quantitative estimate of drug-likeness (QED) is 0.639. The smallest absolute Gasteiger partial charge is 0.161 e. The molecule has 1 aromatic heterocycles. The third-order valence-electron chi connectivity index (χ3n) is 1.60. The molecule has 1 aromatic rings. The molecule has 0 fully saturated rings. The number of aromatic nitrogens is 1. The summed E-state index contributed by atoms with van der Waals surface area (Å²) in [5.41, 5.74) is 0.731. The minimum atomic E-state index is 0.0882. The molecule has 0 aliphatic heterocycles. The van der Waals surface area contributed by atoms with Gasteiger partial charge in [-0.05, 0) is 19.9 Å². The van der Waals surface area contributed by atoms with Crippen molar-refractivity contribution in [2.24, 2.45) is 0 Å². The lowest BCUT2D eigenvalue weighted by Gasteiger charge is -2.00. The van der Waals surface area contributed by atoms with Crippen molar-refractivity contribution in [1.29, 1.82) is 0 Å². The Morgan fingerprint density at radius 3 is 2.92 bits per heavy atom. The molecule has 0 bridgehead atoms. The molecular weight excluding hydrogens is 154 g/mol. The molecular formula is C9H13NO2. The third-order valence-corrected chi connectivity index (χ3v) is 1.60. The Labute approximate surface area is 72.0 Å². The standard InChI is InChI=1S/C9H13NO2/c1-3-12-7-10-5-4-9(6-10)8(2)11/h4-6H,3,7H2,1-2H3. The van der Waals surface area contributed by atoms with Crippen molar-refractivity contribution in [1.82, 2.24) is 4.57 Å². The Kier molecular flexibility index (Phi) is 3.05. The highest BCUT2D eigenvalue weighted by Gasteiger charge is 2.00. The van der Waals surface area contributed by atoms with Gasteiger partial charge in [-0.25, -0.2) is 0 Å². The highest BCUT2D eigenvalue weighted by Crippen LogP contribution is 2.01. The Balaban J connectivity index is 2.58. The van der Waals surface area contributed by atoms with Crippen LogP contribution in [0.25, 0.3) is 0 Å². The molecule has 3 heteroatoms. The van der Waals surface area contributed by atoms with E-state index < -0.39 is 0 Å². The van der Waals surface area contributed by atoms with E-state index in [2.05, 4.69) is 0 Å². The summed E-state index contributed by atoms with van der Waals surface area (Å²) in [7, 11) is 0. The lowest BCUT2D eigenvalue weighted by atomic mass is 10.2. The number of hydrogen-bond acceptors (Lipinski definition) is 2. The summed E-state index contributed by atoms with van der Waals surface area (Å²) < 4.78 is 7.01. The Hall–Kier alpha value is -1.09. The first kappa shape index (κ1) is 9.00. The van der Waals surface area contributed by atoms with Crippen molar-refractivity contribution in [3.8, 4) is 0 Å². The van der Waals surface area contributed by atoms with Crippen LogP contribution in [0.15, 0.2) is 18.5 Å². The highest BCUT2D eigenvalue weighted by atomic mass is 16.5. The molecule has 0 N–H and O–H groups in total. The monoisotopic (exact) mass is 167 g/mol. The Bertz CT molecular complexity index is 265. The van der Waals surface area contributed by atoms with E-state index in [0.29, 0.717) is 13.3 Å². The lowest BCUT2D eigenvalue weighted by Crippen LogP contribution is -1.99. The van der Waals surface area contributed by atoms with Gasteiger partial charge in [-0.15, -0.1) is 0 Å². The van der Waals surface area contributed by atoms with Crippen molar-refractivity contribution in [3.05, 3.63) is 24.0 Å². The van der Waals surface area contributed by atoms with Gasteiger partial charge in [0, 0.05) is 24.6 Å². The third kappa shape index (κ3) is 2.20. The lowest BCUT2D eigenvalue weighted by molar-refractivity contribution is 0.0878. The average Bonchev–Trinajstić information content (AvgIpc) is 2.48. The van der Waals surface area contributed by atoms with Gasteiger partial charge in [0.1, 0.15) is 6.73 Å². The van der Waals surface area contributed by atoms with Crippen LogP contribution in [0, 0.1) is 0 Å². The van der Waals surface area contributed by atoms with E-state index in [9.17, 15) is 4.79 Å². The molecule has 0 amide bonds. The van der Waals surface area contributed by atoms with Gasteiger partial charge >= 0.3 is 0 Å². The zero-order valence-corrected chi connectivity index (χ0v) is 7.41. The van der Waals surface area contributed by atoms with Crippen LogP contribution in [-0.2, 0) is 11.5 Å². The summed E-state index contributed by atoms with van der Waals surface area (Å²) >= 11 is 0.